The maximum absolute atomic E-state index is 16.6. The summed E-state index contributed by atoms with van der Waals surface area (Å²) in [7, 11) is 0. The third-order valence-electron chi connectivity index (χ3n) is 8.06. The minimum atomic E-state index is -1.52. The summed E-state index contributed by atoms with van der Waals surface area (Å²) in [6.07, 6.45) is 2.70. The molecule has 2 aliphatic heterocycles. The van der Waals surface area contributed by atoms with Gasteiger partial charge in [-0.1, -0.05) is 20.4 Å². The van der Waals surface area contributed by atoms with Gasteiger partial charge in [0.2, 0.25) is 11.8 Å². The molecule has 4 heterocycles. The van der Waals surface area contributed by atoms with E-state index >= 15 is 8.78 Å². The molecule has 0 bridgehead atoms. The number of amides is 2. The number of nitrogens with one attached hydrogen (secondary N) is 1. The average Bonchev–Trinajstić information content (AvgIpc) is 3.11. The number of aromatic hydroxyl groups is 1. The van der Waals surface area contributed by atoms with Crippen LogP contribution in [0.2, 0.25) is 0 Å². The fourth-order valence-corrected chi connectivity index (χ4v) is 5.95. The Morgan fingerprint density at radius 2 is 1.91 bits per heavy atom. The zero-order valence-corrected chi connectivity index (χ0v) is 24.0. The quantitative estimate of drug-likeness (QED) is 0.336. The van der Waals surface area contributed by atoms with E-state index in [4.69, 9.17) is 0 Å². The molecule has 1 atom stereocenters. The second-order valence-corrected chi connectivity index (χ2v) is 11.0. The smallest absolute Gasteiger partial charge is 0.354 e. The van der Waals surface area contributed by atoms with Gasteiger partial charge in [-0.3, -0.25) is 19.1 Å². The van der Waals surface area contributed by atoms with E-state index in [0.717, 1.165) is 18.2 Å². The average molecular weight is 605 g/mol. The van der Waals surface area contributed by atoms with Crippen LogP contribution in [-0.4, -0.2) is 62.0 Å². The first-order valence-electron chi connectivity index (χ1n) is 13.9. The molecule has 0 radical (unpaired) electrons. The van der Waals surface area contributed by atoms with E-state index in [1.807, 2.05) is 13.8 Å². The highest BCUT2D eigenvalue weighted by molar-refractivity contribution is 6.13. The number of piperazine rings is 1. The van der Waals surface area contributed by atoms with Gasteiger partial charge in [0.1, 0.15) is 17.6 Å². The number of anilines is 2. The SMILES string of the molecule is C=CC(=O)N1CCN2c3nc(=O)n(-c4c(C)ccnc4C(C)C)c4cc(-c5c(O)ccc(F)c5F)c(F)c(c34)NC(=O)C2C1. The fraction of sp³-hybridized carbons (Fsp3) is 0.258. The molecule has 1 unspecified atom stereocenters. The summed E-state index contributed by atoms with van der Waals surface area (Å²) >= 11 is 0. The summed E-state index contributed by atoms with van der Waals surface area (Å²) in [6.45, 7) is 9.13. The highest BCUT2D eigenvalue weighted by Crippen LogP contribution is 2.45. The van der Waals surface area contributed by atoms with Crippen molar-refractivity contribution in [1.82, 2.24) is 19.4 Å². The molecule has 13 heteroatoms. The van der Waals surface area contributed by atoms with Crippen LogP contribution < -0.4 is 15.9 Å². The minimum absolute atomic E-state index is 0.0120. The van der Waals surface area contributed by atoms with Gasteiger partial charge in [-0.15, -0.1) is 0 Å². The standard InChI is InChI=1S/C31H27F3N6O4/c1-5-21(42)38-10-11-39-19(13-38)30(43)36-27-23-18(12-16(24(27)33)22-20(41)7-6-17(32)25(22)34)40(31(44)37-29(23)39)28-15(4)8-9-35-26(28)14(2)3/h5-9,12,14,19,41H,1,10-11,13H2,2-4H3,(H,36,43). The maximum atomic E-state index is 16.6. The van der Waals surface area contributed by atoms with E-state index < -0.39 is 63.6 Å². The fourth-order valence-electron chi connectivity index (χ4n) is 5.95. The van der Waals surface area contributed by atoms with Crippen LogP contribution >= 0.6 is 0 Å². The van der Waals surface area contributed by atoms with E-state index in [9.17, 15) is 23.9 Å². The number of hydrogen-bond donors (Lipinski definition) is 2. The number of aromatic nitrogens is 3. The first-order valence-corrected chi connectivity index (χ1v) is 13.9. The van der Waals surface area contributed by atoms with E-state index in [2.05, 4.69) is 21.9 Å². The highest BCUT2D eigenvalue weighted by atomic mass is 19.2. The Kier molecular flexibility index (Phi) is 6.90. The number of rotatable bonds is 4. The van der Waals surface area contributed by atoms with E-state index in [-0.39, 0.29) is 42.3 Å². The molecule has 44 heavy (non-hydrogen) atoms. The predicted octanol–water partition coefficient (Wildman–Crippen LogP) is 4.16. The van der Waals surface area contributed by atoms with Crippen molar-refractivity contribution < 1.29 is 27.9 Å². The van der Waals surface area contributed by atoms with Crippen LogP contribution in [0.5, 0.6) is 5.75 Å². The number of hydrogen-bond acceptors (Lipinski definition) is 7. The molecule has 226 valence electrons. The minimum Gasteiger partial charge on any atom is -0.507 e. The third-order valence-corrected chi connectivity index (χ3v) is 8.06. The number of aryl methyl sites for hydroxylation is 1. The molecule has 1 fully saturated rings. The monoisotopic (exact) mass is 604 g/mol. The molecule has 2 N–H and O–H groups in total. The molecule has 2 aliphatic rings. The third kappa shape index (κ3) is 4.29. The van der Waals surface area contributed by atoms with Gasteiger partial charge in [-0.25, -0.2) is 18.0 Å². The number of pyridine rings is 1. The van der Waals surface area contributed by atoms with E-state index in [1.165, 1.54) is 14.4 Å². The molecule has 4 aromatic rings. The van der Waals surface area contributed by atoms with Crippen LogP contribution in [0.15, 0.2) is 47.9 Å². The maximum Gasteiger partial charge on any atom is 0.354 e. The summed E-state index contributed by atoms with van der Waals surface area (Å²) < 4.78 is 47.4. The zero-order valence-electron chi connectivity index (χ0n) is 24.0. The Hall–Kier alpha value is -5.20. The topological polar surface area (TPSA) is 121 Å². The number of nitrogens with zero attached hydrogens (tertiary/aromatic N) is 5. The second kappa shape index (κ2) is 10.5. The lowest BCUT2D eigenvalue weighted by atomic mass is 9.98. The van der Waals surface area contributed by atoms with Crippen molar-refractivity contribution in [3.05, 3.63) is 82.3 Å². The largest absolute Gasteiger partial charge is 0.507 e. The van der Waals surface area contributed by atoms with Crippen LogP contribution in [0.3, 0.4) is 0 Å². The van der Waals surface area contributed by atoms with Crippen LogP contribution in [-0.2, 0) is 9.59 Å². The Labute approximate surface area is 249 Å². The van der Waals surface area contributed by atoms with Crippen molar-refractivity contribution >= 4 is 34.2 Å². The van der Waals surface area contributed by atoms with Gasteiger partial charge in [0.15, 0.2) is 17.5 Å². The molecule has 10 nitrogen and oxygen atoms in total. The molecular formula is C31H27F3N6O4. The molecule has 0 spiro atoms. The van der Waals surface area contributed by atoms with Gasteiger partial charge in [-0.2, -0.15) is 4.98 Å². The Bertz CT molecular complexity index is 1980. The predicted molar refractivity (Wildman–Crippen MR) is 157 cm³/mol. The number of carbonyl (C=O) groups excluding carboxylic acids is 2. The van der Waals surface area contributed by atoms with Crippen molar-refractivity contribution in [2.24, 2.45) is 0 Å². The second-order valence-electron chi connectivity index (χ2n) is 11.0. The van der Waals surface area contributed by atoms with Crippen molar-refractivity contribution in [2.45, 2.75) is 32.7 Å². The van der Waals surface area contributed by atoms with Crippen molar-refractivity contribution in [1.29, 1.82) is 0 Å². The lowest BCUT2D eigenvalue weighted by Gasteiger charge is -2.40. The molecule has 1 saturated heterocycles. The van der Waals surface area contributed by atoms with Crippen molar-refractivity contribution in [2.75, 3.05) is 29.9 Å². The summed E-state index contributed by atoms with van der Waals surface area (Å²) in [6, 6.07) is 3.33. The van der Waals surface area contributed by atoms with E-state index in [1.54, 1.807) is 19.2 Å². The van der Waals surface area contributed by atoms with Gasteiger partial charge in [0.05, 0.1) is 40.1 Å². The van der Waals surface area contributed by atoms with Gasteiger partial charge in [0, 0.05) is 24.8 Å². The molecule has 2 aromatic heterocycles. The number of benzene rings is 2. The number of phenolic OH excluding ortho intramolecular Hbond substituents is 1. The Balaban J connectivity index is 1.75. The summed E-state index contributed by atoms with van der Waals surface area (Å²) in [4.78, 5) is 51.8. The van der Waals surface area contributed by atoms with Crippen molar-refractivity contribution in [3.8, 4) is 22.6 Å². The summed E-state index contributed by atoms with van der Waals surface area (Å²) in [5.74, 6) is -6.11. The number of phenols is 1. The normalized spacial score (nSPS) is 16.2. The molecule has 0 saturated carbocycles. The van der Waals surface area contributed by atoms with Gasteiger partial charge in [-0.05, 0) is 48.7 Å². The Morgan fingerprint density at radius 3 is 2.61 bits per heavy atom. The van der Waals surface area contributed by atoms with Crippen LogP contribution in [0.25, 0.3) is 27.7 Å². The van der Waals surface area contributed by atoms with Crippen LogP contribution in [0, 0.1) is 24.4 Å². The lowest BCUT2D eigenvalue weighted by Crippen LogP contribution is -2.58. The Morgan fingerprint density at radius 1 is 1.16 bits per heavy atom. The summed E-state index contributed by atoms with van der Waals surface area (Å²) in [5, 5.41) is 13.2. The zero-order chi connectivity index (χ0) is 31.6. The number of fused-ring (bicyclic) bond motifs is 2. The first kappa shape index (κ1) is 28.9. The molecule has 2 amide bonds. The lowest BCUT2D eigenvalue weighted by molar-refractivity contribution is -0.128. The molecule has 0 aliphatic carbocycles. The first-order chi connectivity index (χ1) is 20.9. The molecule has 6 rings (SSSR count). The highest BCUT2D eigenvalue weighted by Gasteiger charge is 2.40. The van der Waals surface area contributed by atoms with Gasteiger partial charge < -0.3 is 20.2 Å². The molecular weight excluding hydrogens is 577 g/mol. The van der Waals surface area contributed by atoms with E-state index in [0.29, 0.717) is 23.0 Å². The van der Waals surface area contributed by atoms with Crippen LogP contribution in [0.4, 0.5) is 24.7 Å². The van der Waals surface area contributed by atoms with Gasteiger partial charge in [0.25, 0.3) is 0 Å². The number of carbonyl (C=O) groups is 2. The van der Waals surface area contributed by atoms with Crippen LogP contribution in [0.1, 0.15) is 31.0 Å². The van der Waals surface area contributed by atoms with Gasteiger partial charge >= 0.3 is 5.69 Å². The summed E-state index contributed by atoms with van der Waals surface area (Å²) in [5.41, 5.74) is -1.11. The van der Waals surface area contributed by atoms with Crippen molar-refractivity contribution in [3.63, 3.8) is 0 Å². The number of halogens is 3. The molecule has 2 aromatic carbocycles.